The summed E-state index contributed by atoms with van der Waals surface area (Å²) in [6, 6.07) is 10.4. The van der Waals surface area contributed by atoms with Gasteiger partial charge < -0.3 is 9.84 Å². The molecule has 2 N–H and O–H groups in total. The summed E-state index contributed by atoms with van der Waals surface area (Å²) in [5.41, 5.74) is 3.65. The molecule has 2 rings (SSSR count). The highest BCUT2D eigenvalue weighted by Crippen LogP contribution is 2.31. The Labute approximate surface area is 149 Å². The highest BCUT2D eigenvalue weighted by molar-refractivity contribution is 14.1. The van der Waals surface area contributed by atoms with Crippen LogP contribution in [0.2, 0.25) is 0 Å². The van der Waals surface area contributed by atoms with E-state index in [4.69, 9.17) is 4.74 Å². The van der Waals surface area contributed by atoms with Crippen LogP contribution in [0.3, 0.4) is 0 Å². The van der Waals surface area contributed by atoms with Gasteiger partial charge in [0.15, 0.2) is 11.5 Å². The lowest BCUT2D eigenvalue weighted by atomic mass is 10.2. The van der Waals surface area contributed by atoms with E-state index in [0.717, 1.165) is 0 Å². The van der Waals surface area contributed by atoms with Gasteiger partial charge in [0, 0.05) is 4.47 Å². The van der Waals surface area contributed by atoms with E-state index in [0.29, 0.717) is 24.9 Å². The number of nitrogens with zero attached hydrogens (tertiary/aromatic N) is 1. The lowest BCUT2D eigenvalue weighted by Gasteiger charge is -2.06. The van der Waals surface area contributed by atoms with Crippen molar-refractivity contribution in [3.05, 3.63) is 55.6 Å². The number of rotatable bonds is 4. The molecule has 0 aliphatic heterocycles. The summed E-state index contributed by atoms with van der Waals surface area (Å²) >= 11 is 5.30. The lowest BCUT2D eigenvalue weighted by molar-refractivity contribution is 0.0954. The summed E-state index contributed by atoms with van der Waals surface area (Å²) in [4.78, 5) is 12.0. The molecule has 2 aromatic rings. The first-order valence-electron chi connectivity index (χ1n) is 6.17. The SMILES string of the molecule is COc1cc(/C=N\NC(=O)c2ccccc2Br)cc(I)c1O. The van der Waals surface area contributed by atoms with Crippen molar-refractivity contribution in [2.45, 2.75) is 0 Å². The smallest absolute Gasteiger partial charge is 0.272 e. The van der Waals surface area contributed by atoms with Gasteiger partial charge in [0.05, 0.1) is 22.5 Å². The minimum atomic E-state index is -0.316. The zero-order valence-electron chi connectivity index (χ0n) is 11.5. The third kappa shape index (κ3) is 3.98. The molecule has 1 amide bonds. The second kappa shape index (κ2) is 7.59. The highest BCUT2D eigenvalue weighted by atomic mass is 127. The van der Waals surface area contributed by atoms with Crippen LogP contribution in [-0.4, -0.2) is 24.3 Å². The Balaban J connectivity index is 2.12. The molecule has 0 aliphatic carbocycles. The first-order valence-corrected chi connectivity index (χ1v) is 8.04. The summed E-state index contributed by atoms with van der Waals surface area (Å²) in [7, 11) is 1.47. The normalized spacial score (nSPS) is 10.7. The van der Waals surface area contributed by atoms with Gasteiger partial charge in [0.2, 0.25) is 0 Å². The van der Waals surface area contributed by atoms with Crippen LogP contribution in [0.4, 0.5) is 0 Å². The van der Waals surface area contributed by atoms with Crippen molar-refractivity contribution >= 4 is 50.6 Å². The number of aromatic hydroxyl groups is 1. The third-order valence-corrected chi connectivity index (χ3v) is 4.28. The number of amides is 1. The van der Waals surface area contributed by atoms with Crippen molar-refractivity contribution < 1.29 is 14.6 Å². The zero-order chi connectivity index (χ0) is 16.1. The molecule has 5 nitrogen and oxygen atoms in total. The average Bonchev–Trinajstić information content (AvgIpc) is 2.50. The Hall–Kier alpha value is -1.61. The number of hydrogen-bond donors (Lipinski definition) is 2. The number of hydrazone groups is 1. The molecule has 0 fully saturated rings. The van der Waals surface area contributed by atoms with E-state index in [-0.39, 0.29) is 11.7 Å². The quantitative estimate of drug-likeness (QED) is 0.404. The molecule has 0 bridgehead atoms. The van der Waals surface area contributed by atoms with Crippen LogP contribution in [-0.2, 0) is 0 Å². The van der Waals surface area contributed by atoms with Crippen molar-refractivity contribution in [2.75, 3.05) is 7.11 Å². The number of phenols is 1. The van der Waals surface area contributed by atoms with E-state index in [2.05, 4.69) is 26.5 Å². The van der Waals surface area contributed by atoms with Gasteiger partial charge in [0.1, 0.15) is 0 Å². The van der Waals surface area contributed by atoms with Crippen LogP contribution >= 0.6 is 38.5 Å². The summed E-state index contributed by atoms with van der Waals surface area (Å²) in [5, 5.41) is 13.7. The number of methoxy groups -OCH3 is 1. The second-order valence-electron chi connectivity index (χ2n) is 4.23. The van der Waals surface area contributed by atoms with Crippen LogP contribution in [0.25, 0.3) is 0 Å². The molecule has 0 heterocycles. The van der Waals surface area contributed by atoms with E-state index < -0.39 is 0 Å². The fourth-order valence-corrected chi connectivity index (χ4v) is 2.79. The van der Waals surface area contributed by atoms with Gasteiger partial charge in [-0.1, -0.05) is 12.1 Å². The molecule has 0 aliphatic rings. The summed E-state index contributed by atoms with van der Waals surface area (Å²) in [6.45, 7) is 0. The van der Waals surface area contributed by atoms with E-state index in [1.54, 1.807) is 30.3 Å². The first kappa shape index (κ1) is 16.8. The molecule has 2 aromatic carbocycles. The predicted octanol–water partition coefficient (Wildman–Crippen LogP) is 3.53. The van der Waals surface area contributed by atoms with Crippen LogP contribution in [0.15, 0.2) is 46.0 Å². The number of halogens is 2. The molecule has 0 unspecified atom stereocenters. The van der Waals surface area contributed by atoms with E-state index in [1.165, 1.54) is 13.3 Å². The first-order chi connectivity index (χ1) is 10.5. The van der Waals surface area contributed by atoms with Gasteiger partial charge in [-0.15, -0.1) is 0 Å². The summed E-state index contributed by atoms with van der Waals surface area (Å²) in [5.74, 6) is 0.118. The minimum absolute atomic E-state index is 0.0810. The minimum Gasteiger partial charge on any atom is -0.504 e. The Morgan fingerprint density at radius 1 is 1.41 bits per heavy atom. The highest BCUT2D eigenvalue weighted by Gasteiger charge is 2.09. The molecule has 0 saturated heterocycles. The number of carbonyl (C=O) groups excluding carboxylic acids is 1. The van der Waals surface area contributed by atoms with Crippen LogP contribution < -0.4 is 10.2 Å². The Kier molecular flexibility index (Phi) is 5.78. The summed E-state index contributed by atoms with van der Waals surface area (Å²) in [6.07, 6.45) is 1.48. The maximum Gasteiger partial charge on any atom is 0.272 e. The van der Waals surface area contributed by atoms with Crippen LogP contribution in [0, 0.1) is 3.57 Å². The molecule has 114 valence electrons. The molecule has 0 radical (unpaired) electrons. The third-order valence-electron chi connectivity index (χ3n) is 2.77. The predicted molar refractivity (Wildman–Crippen MR) is 96.6 cm³/mol. The molecular formula is C15H12BrIN2O3. The lowest BCUT2D eigenvalue weighted by Crippen LogP contribution is -2.18. The topological polar surface area (TPSA) is 70.9 Å². The Morgan fingerprint density at radius 3 is 2.82 bits per heavy atom. The molecule has 0 saturated carbocycles. The van der Waals surface area contributed by atoms with E-state index >= 15 is 0 Å². The monoisotopic (exact) mass is 474 g/mol. The largest absolute Gasteiger partial charge is 0.504 e. The maximum absolute atomic E-state index is 12.0. The van der Waals surface area contributed by atoms with E-state index in [1.807, 2.05) is 28.7 Å². The number of hydrogen-bond acceptors (Lipinski definition) is 4. The maximum atomic E-state index is 12.0. The van der Waals surface area contributed by atoms with Gasteiger partial charge in [-0.05, 0) is 68.3 Å². The fourth-order valence-electron chi connectivity index (χ4n) is 1.69. The molecular weight excluding hydrogens is 463 g/mol. The number of benzene rings is 2. The summed E-state index contributed by atoms with van der Waals surface area (Å²) < 4.78 is 6.40. The molecule has 0 atom stereocenters. The van der Waals surface area contributed by atoms with Crippen molar-refractivity contribution in [1.29, 1.82) is 0 Å². The van der Waals surface area contributed by atoms with Crippen LogP contribution in [0.5, 0.6) is 11.5 Å². The van der Waals surface area contributed by atoms with Crippen molar-refractivity contribution in [2.24, 2.45) is 5.10 Å². The van der Waals surface area contributed by atoms with Crippen molar-refractivity contribution in [1.82, 2.24) is 5.43 Å². The zero-order valence-corrected chi connectivity index (χ0v) is 15.3. The van der Waals surface area contributed by atoms with Crippen LogP contribution in [0.1, 0.15) is 15.9 Å². The Morgan fingerprint density at radius 2 is 2.14 bits per heavy atom. The molecule has 0 spiro atoms. The number of nitrogens with one attached hydrogen (secondary N) is 1. The number of phenolic OH excluding ortho intramolecular Hbond substituents is 1. The molecule has 0 aromatic heterocycles. The molecule has 22 heavy (non-hydrogen) atoms. The van der Waals surface area contributed by atoms with Gasteiger partial charge >= 0.3 is 0 Å². The van der Waals surface area contributed by atoms with Gasteiger partial charge in [-0.3, -0.25) is 4.79 Å². The Bertz CT molecular complexity index is 735. The average molecular weight is 475 g/mol. The van der Waals surface area contributed by atoms with E-state index in [9.17, 15) is 9.90 Å². The fraction of sp³-hybridized carbons (Fsp3) is 0.0667. The molecule has 7 heteroatoms. The van der Waals surface area contributed by atoms with Gasteiger partial charge in [-0.2, -0.15) is 5.10 Å². The standard InChI is InChI=1S/C15H12BrIN2O3/c1-22-13-7-9(6-12(17)14(13)20)8-18-19-15(21)10-4-2-3-5-11(10)16/h2-8,20H,1H3,(H,19,21)/b18-8-. The van der Waals surface area contributed by atoms with Gasteiger partial charge in [0.25, 0.3) is 5.91 Å². The van der Waals surface area contributed by atoms with Gasteiger partial charge in [-0.25, -0.2) is 5.43 Å². The van der Waals surface area contributed by atoms with Crippen molar-refractivity contribution in [3.63, 3.8) is 0 Å². The second-order valence-corrected chi connectivity index (χ2v) is 6.25. The number of carbonyl (C=O) groups is 1. The number of ether oxygens (including phenoxy) is 1. The van der Waals surface area contributed by atoms with Crippen molar-refractivity contribution in [3.8, 4) is 11.5 Å².